The molecule has 9 rings (SSSR count). The molecule has 31 nitrogen and oxygen atoms in total. The Balaban J connectivity index is 0.962. The highest BCUT2D eigenvalue weighted by atomic mass is 35.5. The molecule has 107 heavy (non-hydrogen) atoms. The number of halogens is 1. The molecule has 0 saturated carbocycles. The molecular formula is C75H86ClN17O14. The van der Waals surface area contributed by atoms with Gasteiger partial charge in [-0.05, 0) is 108 Å². The van der Waals surface area contributed by atoms with Gasteiger partial charge in [0, 0.05) is 105 Å². The first-order valence-electron chi connectivity index (χ1n) is 34.7. The molecule has 8 aromatic rings. The Kier molecular flexibility index (Phi) is 28.0. The smallest absolute Gasteiger partial charge is 0.312 e. The minimum atomic E-state index is -1.85. The molecule has 0 spiro atoms. The van der Waals surface area contributed by atoms with Gasteiger partial charge in [0.25, 0.3) is 0 Å². The summed E-state index contributed by atoms with van der Waals surface area (Å²) in [5.41, 5.74) is 14.5. The van der Waals surface area contributed by atoms with Gasteiger partial charge in [0.2, 0.25) is 65.0 Å². The van der Waals surface area contributed by atoms with Gasteiger partial charge in [-0.1, -0.05) is 103 Å². The van der Waals surface area contributed by atoms with Crippen LogP contribution < -0.4 is 64.6 Å². The summed E-state index contributed by atoms with van der Waals surface area (Å²) in [5.74, 6) is -9.38. The van der Waals surface area contributed by atoms with Crippen LogP contribution in [-0.2, 0) is 91.3 Å². The quantitative estimate of drug-likeness (QED) is 0.0242. The molecule has 32 heteroatoms. The summed E-state index contributed by atoms with van der Waals surface area (Å²) in [6.07, 6.45) is 6.42. The Bertz CT molecular complexity index is 4470. The molecule has 3 aromatic heterocycles. The summed E-state index contributed by atoms with van der Waals surface area (Å²) >= 11 is 6.24. The Hall–Kier alpha value is -12.3. The number of aromatic hydroxyl groups is 1. The van der Waals surface area contributed by atoms with E-state index in [1.165, 1.54) is 67.9 Å². The van der Waals surface area contributed by atoms with Crippen LogP contribution in [0.5, 0.6) is 5.75 Å². The predicted octanol–water partition coefficient (Wildman–Crippen LogP) is 0.874. The van der Waals surface area contributed by atoms with E-state index in [-0.39, 0.29) is 82.3 Å². The van der Waals surface area contributed by atoms with Crippen LogP contribution in [0, 0.1) is 0 Å². The number of carbonyl (C=O) groups is 12. The van der Waals surface area contributed by atoms with Crippen LogP contribution in [0.4, 0.5) is 4.79 Å². The zero-order valence-corrected chi connectivity index (χ0v) is 59.4. The van der Waals surface area contributed by atoms with Crippen LogP contribution in [0.25, 0.3) is 21.7 Å². The van der Waals surface area contributed by atoms with Crippen molar-refractivity contribution in [2.45, 2.75) is 138 Å². The van der Waals surface area contributed by atoms with E-state index in [0.717, 1.165) is 10.8 Å². The minimum Gasteiger partial charge on any atom is -0.508 e. The normalized spacial score (nSPS) is 15.1. The largest absolute Gasteiger partial charge is 0.508 e. The zero-order chi connectivity index (χ0) is 76.7. The fourth-order valence-electron chi connectivity index (χ4n) is 12.5. The molecule has 1 saturated heterocycles. The number of primary amides is 2. The van der Waals surface area contributed by atoms with Crippen molar-refractivity contribution in [1.82, 2.24) is 78.0 Å². The first-order valence-corrected chi connectivity index (χ1v) is 35.1. The topological polar surface area (TPSA) is 478 Å². The number of aliphatic hydroxyl groups excluding tert-OH is 1. The molecule has 1 aliphatic heterocycles. The molecule has 0 unspecified atom stereocenters. The number of likely N-dealkylation sites (tertiary alicyclic amines) is 1. The molecule has 1 aliphatic rings. The lowest BCUT2D eigenvalue weighted by Crippen LogP contribution is -2.62. The van der Waals surface area contributed by atoms with Crippen molar-refractivity contribution in [3.05, 3.63) is 197 Å². The molecule has 13 amide bonds. The van der Waals surface area contributed by atoms with Gasteiger partial charge in [-0.25, -0.2) is 9.78 Å². The number of pyridine rings is 1. The number of urea groups is 1. The highest BCUT2D eigenvalue weighted by molar-refractivity contribution is 6.30. The lowest BCUT2D eigenvalue weighted by molar-refractivity contribution is -0.142. The van der Waals surface area contributed by atoms with Crippen LogP contribution in [0.1, 0.15) is 73.0 Å². The number of aliphatic hydroxyl groups is 1. The number of aromatic nitrogens is 4. The Morgan fingerprint density at radius 2 is 1.10 bits per heavy atom. The van der Waals surface area contributed by atoms with Crippen LogP contribution in [0.3, 0.4) is 0 Å². The first-order chi connectivity index (χ1) is 51.4. The van der Waals surface area contributed by atoms with E-state index < -0.39 is 138 Å². The lowest BCUT2D eigenvalue weighted by Gasteiger charge is -2.31. The van der Waals surface area contributed by atoms with Gasteiger partial charge in [0.15, 0.2) is 0 Å². The van der Waals surface area contributed by atoms with Gasteiger partial charge in [0.05, 0.1) is 12.9 Å². The second-order valence-corrected chi connectivity index (χ2v) is 26.6. The number of nitrogens with one attached hydrogen (secondary N) is 12. The zero-order valence-electron chi connectivity index (χ0n) is 58.6. The summed E-state index contributed by atoms with van der Waals surface area (Å²) in [5, 5.41) is 50.5. The third-order valence-electron chi connectivity index (χ3n) is 18.1. The van der Waals surface area contributed by atoms with Crippen molar-refractivity contribution in [2.75, 3.05) is 19.7 Å². The van der Waals surface area contributed by atoms with Crippen LogP contribution in [0.15, 0.2) is 159 Å². The maximum Gasteiger partial charge on any atom is 0.312 e. The number of benzene rings is 5. The van der Waals surface area contributed by atoms with Crippen LogP contribution >= 0.6 is 11.6 Å². The molecule has 0 radical (unpaired) electrons. The van der Waals surface area contributed by atoms with Gasteiger partial charge in [-0.2, -0.15) is 0 Å². The van der Waals surface area contributed by atoms with Crippen LogP contribution in [0.2, 0.25) is 5.02 Å². The van der Waals surface area contributed by atoms with E-state index in [2.05, 4.69) is 73.1 Å². The maximum atomic E-state index is 15.2. The number of nitrogens with two attached hydrogens (primary N) is 2. The van der Waals surface area contributed by atoms with E-state index in [0.29, 0.717) is 50.2 Å². The average molecular weight is 1490 g/mol. The number of imidazole rings is 1. The molecule has 4 heterocycles. The summed E-state index contributed by atoms with van der Waals surface area (Å²) < 4.78 is 0. The molecular weight excluding hydrogens is 1400 g/mol. The average Bonchev–Trinajstić information content (AvgIpc) is 1.76. The minimum absolute atomic E-state index is 0.0164. The highest BCUT2D eigenvalue weighted by Gasteiger charge is 2.41. The molecule has 1 fully saturated rings. The summed E-state index contributed by atoms with van der Waals surface area (Å²) in [6.45, 7) is 1.55. The Labute approximate surface area is 619 Å². The van der Waals surface area contributed by atoms with Crippen LogP contribution in [-0.4, -0.2) is 186 Å². The van der Waals surface area contributed by atoms with E-state index in [1.54, 1.807) is 66.9 Å². The van der Waals surface area contributed by atoms with Crippen molar-refractivity contribution in [3.63, 3.8) is 0 Å². The number of para-hydroxylation sites is 1. The number of aromatic amines is 2. The number of carbonyl (C=O) groups excluding carboxylic acids is 12. The number of nitrogens with zero attached hydrogens (tertiary/aromatic N) is 3. The number of rotatable bonds is 36. The maximum absolute atomic E-state index is 15.2. The number of fused-ring (bicyclic) bond motifs is 2. The number of amides is 13. The summed E-state index contributed by atoms with van der Waals surface area (Å²) in [7, 11) is 0. The highest BCUT2D eigenvalue weighted by Crippen LogP contribution is 2.24. The third kappa shape index (κ3) is 22.9. The first kappa shape index (κ1) is 78.9. The number of H-pyrrole nitrogens is 2. The van der Waals surface area contributed by atoms with Gasteiger partial charge >= 0.3 is 6.03 Å². The number of phenolic OH excluding ortho intramolecular Hbond substituents is 1. The van der Waals surface area contributed by atoms with Gasteiger partial charge < -0.3 is 89.7 Å². The van der Waals surface area contributed by atoms with Gasteiger partial charge in [-0.15, -0.1) is 0 Å². The Morgan fingerprint density at radius 1 is 0.561 bits per heavy atom. The molecule has 0 bridgehead atoms. The summed E-state index contributed by atoms with van der Waals surface area (Å²) in [6, 6.07) is 20.6. The predicted molar refractivity (Wildman–Crippen MR) is 393 cm³/mol. The second-order valence-electron chi connectivity index (χ2n) is 26.1. The fourth-order valence-corrected chi connectivity index (χ4v) is 12.6. The number of phenols is 1. The lowest BCUT2D eigenvalue weighted by atomic mass is 9.99. The number of hydrogen-bond donors (Lipinski definition) is 16. The third-order valence-corrected chi connectivity index (χ3v) is 18.4. The fraction of sp³-hybridized carbons (Fsp3) is 0.333. The Morgan fingerprint density at radius 3 is 1.72 bits per heavy atom. The molecule has 18 N–H and O–H groups in total. The second kappa shape index (κ2) is 38.0. The van der Waals surface area contributed by atoms with E-state index in [4.69, 9.17) is 23.1 Å². The molecule has 0 aliphatic carbocycles. The van der Waals surface area contributed by atoms with E-state index >= 15 is 9.59 Å². The molecule has 562 valence electrons. The monoisotopic (exact) mass is 1480 g/mol. The van der Waals surface area contributed by atoms with Gasteiger partial charge in [0.1, 0.15) is 66.2 Å². The van der Waals surface area contributed by atoms with Crippen molar-refractivity contribution >= 4 is 104 Å². The van der Waals surface area contributed by atoms with E-state index in [1.807, 2.05) is 42.5 Å². The van der Waals surface area contributed by atoms with Crippen molar-refractivity contribution in [1.29, 1.82) is 0 Å². The summed E-state index contributed by atoms with van der Waals surface area (Å²) in [4.78, 5) is 185. The standard InChI is InChI=1S/C75H86ClN17O14/c1-42(65(77)97)84-73(105)64-16-9-29-93(64)74(106)62(32-45-20-25-53(96)26-21-45)91-70(102)60(35-50-38-82-55-14-6-5-13-54(50)55)89-66(98)56(15-8-28-81-75(78)107)86-71(103)61(36-52-39-80-41-83-52)90-72(104)63(40-94)92-69(101)59(34-47-10-7-27-79-37-47)88-68(100)58(31-44-18-23-51(76)24-19-44)87-67(99)57(85-43(2)95)33-46-17-22-48-11-3-4-12-49(48)30-46/h3-7,10-14,17-27,30,37-39,41-42,56-64,82,94,96H,8-9,15-16,28-29,31-36,40H2,1-2H3,(H2,77,97)(H,80,83)(H,84,105)(H,85,95)(H,86,103)(H,87,99)(H,88,100)(H,89,98)(H,90,104)(H,91,102)(H,92,101)(H3,78,81,107)/t42-,56-,57-,58-,59-,60+,61+,62+,63+,64+/m1/s1. The van der Waals surface area contributed by atoms with Crippen molar-refractivity contribution < 1.29 is 67.7 Å². The molecule has 10 atom stereocenters. The van der Waals surface area contributed by atoms with E-state index in [9.17, 15) is 58.2 Å². The van der Waals surface area contributed by atoms with Crippen molar-refractivity contribution in [2.24, 2.45) is 11.5 Å². The van der Waals surface area contributed by atoms with Crippen molar-refractivity contribution in [3.8, 4) is 5.75 Å². The molecule has 5 aromatic carbocycles. The van der Waals surface area contributed by atoms with Gasteiger partial charge in [-0.3, -0.25) is 57.7 Å². The number of hydrogen-bond acceptors (Lipinski definition) is 16. The SMILES string of the molecule is CC(=O)N[C@H](Cc1ccc2ccccc2c1)C(=O)N[C@H](Cc1ccc(Cl)cc1)C(=O)N[C@H](Cc1cccnc1)C(=O)N[C@@H](CO)C(=O)N[C@@H](Cc1cnc[nH]1)C(=O)N[C@H](CCCNC(N)=O)C(=O)N[C@@H](Cc1c[nH]c2ccccc12)C(=O)N[C@@H](Cc1ccc(O)cc1)C(=O)N1CCC[C@H]1C(=O)N[C@H](C)C(N)=O.